The summed E-state index contributed by atoms with van der Waals surface area (Å²) in [5.41, 5.74) is 3.94. The van der Waals surface area contributed by atoms with Crippen molar-refractivity contribution < 1.29 is 4.79 Å². The zero-order valence-corrected chi connectivity index (χ0v) is 10.8. The van der Waals surface area contributed by atoms with Crippen molar-refractivity contribution in [2.75, 3.05) is 0 Å². The van der Waals surface area contributed by atoms with Gasteiger partial charge in [-0.2, -0.15) is 5.26 Å². The first-order chi connectivity index (χ1) is 9.71. The van der Waals surface area contributed by atoms with E-state index >= 15 is 0 Å². The van der Waals surface area contributed by atoms with E-state index in [-0.39, 0.29) is 5.69 Å². The summed E-state index contributed by atoms with van der Waals surface area (Å²) in [6, 6.07) is 7.75. The lowest BCUT2D eigenvalue weighted by atomic mass is 9.93. The normalized spacial score (nSPS) is 13.8. The Hall–Kier alpha value is -2.59. The first kappa shape index (κ1) is 13.8. The lowest BCUT2D eigenvalue weighted by Gasteiger charge is -2.26. The van der Waals surface area contributed by atoms with E-state index in [9.17, 15) is 4.79 Å². The van der Waals surface area contributed by atoms with Crippen molar-refractivity contribution in [3.05, 3.63) is 34.2 Å². The molecule has 20 heavy (non-hydrogen) atoms. The minimum Gasteiger partial charge on any atom is -0.305 e. The Bertz CT molecular complexity index is 706. The molecule has 1 saturated carbocycles. The second-order valence-electron chi connectivity index (χ2n) is 4.51. The van der Waals surface area contributed by atoms with Crippen LogP contribution >= 0.6 is 0 Å². The van der Waals surface area contributed by atoms with Gasteiger partial charge < -0.3 is 4.98 Å². The number of nitrogens with one attached hydrogen (secondary N) is 2. The quantitative estimate of drug-likeness (QED) is 0.320. The molecule has 0 saturated heterocycles. The number of carbonyl (C=O) groups excluding carboxylic acids is 1. The topological polar surface area (TPSA) is 117 Å². The van der Waals surface area contributed by atoms with Crippen LogP contribution in [-0.4, -0.2) is 16.0 Å². The summed E-state index contributed by atoms with van der Waals surface area (Å²) in [6.45, 7) is 0. The maximum atomic E-state index is 11.8. The number of aromatic nitrogens is 2. The highest BCUT2D eigenvalue weighted by atomic mass is 16.1. The van der Waals surface area contributed by atoms with E-state index in [1.807, 2.05) is 10.6 Å². The summed E-state index contributed by atoms with van der Waals surface area (Å²) in [4.78, 5) is 23.5. The van der Waals surface area contributed by atoms with E-state index in [1.165, 1.54) is 6.42 Å². The molecule has 0 radical (unpaired) electrons. The minimum absolute atomic E-state index is 0.0604. The zero-order chi connectivity index (χ0) is 14.5. The standard InChI is InChI=1S/C12H11N3O.CH4N2O/c13-7-8-4-5-11-10(6-8)14-12(16)15(11)9-2-1-3-9;2-3-1-4/h4-6,9H,1-3H2,(H,14,16);1H,2H2,(H,3,4). The molecule has 1 aliphatic carbocycles. The molecule has 1 aliphatic rings. The van der Waals surface area contributed by atoms with Crippen LogP contribution in [0.3, 0.4) is 0 Å². The van der Waals surface area contributed by atoms with E-state index in [4.69, 9.17) is 10.1 Å². The highest BCUT2D eigenvalue weighted by Gasteiger charge is 2.23. The molecule has 1 aromatic carbocycles. The molecule has 0 unspecified atom stereocenters. The number of hydrogen-bond donors (Lipinski definition) is 3. The van der Waals surface area contributed by atoms with E-state index in [1.54, 1.807) is 17.6 Å². The van der Waals surface area contributed by atoms with Gasteiger partial charge in [-0.25, -0.2) is 10.6 Å². The Morgan fingerprint density at radius 3 is 2.70 bits per heavy atom. The van der Waals surface area contributed by atoms with Gasteiger partial charge in [0.25, 0.3) is 0 Å². The van der Waals surface area contributed by atoms with Crippen LogP contribution in [-0.2, 0) is 4.79 Å². The number of rotatable bonds is 2. The number of nitriles is 1. The third-order valence-corrected chi connectivity index (χ3v) is 3.35. The lowest BCUT2D eigenvalue weighted by Crippen LogP contribution is -2.26. The van der Waals surface area contributed by atoms with Gasteiger partial charge in [0.05, 0.1) is 22.7 Å². The molecule has 1 aromatic heterocycles. The van der Waals surface area contributed by atoms with Crippen LogP contribution in [0.5, 0.6) is 0 Å². The highest BCUT2D eigenvalue weighted by Crippen LogP contribution is 2.32. The number of benzene rings is 1. The summed E-state index contributed by atoms with van der Waals surface area (Å²) in [5.74, 6) is 4.41. The maximum absolute atomic E-state index is 11.8. The van der Waals surface area contributed by atoms with Crippen molar-refractivity contribution in [3.8, 4) is 6.07 Å². The number of nitrogens with two attached hydrogens (primary N) is 1. The average molecular weight is 273 g/mol. The number of hydrazine groups is 1. The molecule has 0 spiro atoms. The van der Waals surface area contributed by atoms with Crippen LogP contribution in [0.2, 0.25) is 0 Å². The predicted molar refractivity (Wildman–Crippen MR) is 73.5 cm³/mol. The van der Waals surface area contributed by atoms with Crippen LogP contribution in [0.25, 0.3) is 11.0 Å². The molecule has 1 amide bonds. The number of aromatic amines is 1. The van der Waals surface area contributed by atoms with Gasteiger partial charge in [0.1, 0.15) is 0 Å². The Kier molecular flexibility index (Phi) is 4.17. The number of carbonyl (C=O) groups is 1. The number of fused-ring (bicyclic) bond motifs is 1. The van der Waals surface area contributed by atoms with Gasteiger partial charge in [-0.15, -0.1) is 0 Å². The van der Waals surface area contributed by atoms with Gasteiger partial charge in [-0.05, 0) is 37.5 Å². The van der Waals surface area contributed by atoms with Crippen molar-refractivity contribution in [1.29, 1.82) is 5.26 Å². The molecule has 4 N–H and O–H groups in total. The summed E-state index contributed by atoms with van der Waals surface area (Å²) in [7, 11) is 0. The largest absolute Gasteiger partial charge is 0.326 e. The lowest BCUT2D eigenvalue weighted by molar-refractivity contribution is -0.109. The Balaban J connectivity index is 0.000000328. The Morgan fingerprint density at radius 1 is 1.50 bits per heavy atom. The molecule has 1 fully saturated rings. The second kappa shape index (κ2) is 6.04. The van der Waals surface area contributed by atoms with Gasteiger partial charge >= 0.3 is 5.69 Å². The van der Waals surface area contributed by atoms with Gasteiger partial charge in [0.2, 0.25) is 6.41 Å². The van der Waals surface area contributed by atoms with E-state index in [2.05, 4.69) is 16.9 Å². The van der Waals surface area contributed by atoms with Gasteiger partial charge in [-0.1, -0.05) is 0 Å². The molecule has 2 aromatic rings. The molecule has 0 bridgehead atoms. The Labute approximate surface area is 115 Å². The average Bonchev–Trinajstić information content (AvgIpc) is 2.73. The number of hydrogen-bond acceptors (Lipinski definition) is 4. The van der Waals surface area contributed by atoms with Crippen molar-refractivity contribution in [1.82, 2.24) is 15.0 Å². The fourth-order valence-corrected chi connectivity index (χ4v) is 2.21. The van der Waals surface area contributed by atoms with Gasteiger partial charge in [0, 0.05) is 6.04 Å². The van der Waals surface area contributed by atoms with Crippen molar-refractivity contribution in [2.45, 2.75) is 25.3 Å². The molecule has 0 aliphatic heterocycles. The number of amides is 1. The molecule has 7 heteroatoms. The molecule has 104 valence electrons. The Morgan fingerprint density at radius 2 is 2.20 bits per heavy atom. The third-order valence-electron chi connectivity index (χ3n) is 3.35. The molecule has 3 rings (SSSR count). The summed E-state index contributed by atoms with van der Waals surface area (Å²) >= 11 is 0. The fourth-order valence-electron chi connectivity index (χ4n) is 2.21. The minimum atomic E-state index is -0.0604. The molecular formula is C13H15N5O2. The number of imidazole rings is 1. The predicted octanol–water partition coefficient (Wildman–Crippen LogP) is 0.532. The maximum Gasteiger partial charge on any atom is 0.326 e. The van der Waals surface area contributed by atoms with Crippen molar-refractivity contribution >= 4 is 17.4 Å². The number of nitrogens with zero attached hydrogens (tertiary/aromatic N) is 2. The molecule has 7 nitrogen and oxygen atoms in total. The van der Waals surface area contributed by atoms with Crippen LogP contribution < -0.4 is 17.0 Å². The zero-order valence-electron chi connectivity index (χ0n) is 10.8. The van der Waals surface area contributed by atoms with Crippen molar-refractivity contribution in [3.63, 3.8) is 0 Å². The van der Waals surface area contributed by atoms with Crippen LogP contribution in [0, 0.1) is 11.3 Å². The van der Waals surface area contributed by atoms with E-state index in [0.717, 1.165) is 23.9 Å². The smallest absolute Gasteiger partial charge is 0.305 e. The van der Waals surface area contributed by atoms with Gasteiger partial charge in [-0.3, -0.25) is 14.8 Å². The number of H-pyrrole nitrogens is 1. The highest BCUT2D eigenvalue weighted by molar-refractivity contribution is 5.77. The van der Waals surface area contributed by atoms with Gasteiger partial charge in [0.15, 0.2) is 0 Å². The first-order valence-corrected chi connectivity index (χ1v) is 6.25. The first-order valence-electron chi connectivity index (χ1n) is 6.25. The van der Waals surface area contributed by atoms with Crippen molar-refractivity contribution in [2.24, 2.45) is 5.84 Å². The molecular weight excluding hydrogens is 258 g/mol. The summed E-state index contributed by atoms with van der Waals surface area (Å²) in [5, 5.41) is 8.79. The van der Waals surface area contributed by atoms with E-state index in [0.29, 0.717) is 18.0 Å². The van der Waals surface area contributed by atoms with E-state index < -0.39 is 0 Å². The monoisotopic (exact) mass is 273 g/mol. The summed E-state index contributed by atoms with van der Waals surface area (Å²) in [6.07, 6.45) is 3.75. The van der Waals surface area contributed by atoms with Crippen LogP contribution in [0.1, 0.15) is 30.9 Å². The molecule has 1 heterocycles. The SMILES string of the molecule is N#Cc1ccc2c(c1)[nH]c(=O)n2C1CCC1.NNC=O. The molecule has 0 atom stereocenters. The summed E-state index contributed by atoms with van der Waals surface area (Å²) < 4.78 is 1.82. The van der Waals surface area contributed by atoms with Crippen LogP contribution in [0.4, 0.5) is 0 Å². The third kappa shape index (κ3) is 2.55. The van der Waals surface area contributed by atoms with Crippen LogP contribution in [0.15, 0.2) is 23.0 Å². The fraction of sp³-hybridized carbons (Fsp3) is 0.308. The second-order valence-corrected chi connectivity index (χ2v) is 4.51.